The van der Waals surface area contributed by atoms with Gasteiger partial charge < -0.3 is 4.74 Å². The van der Waals surface area contributed by atoms with Crippen molar-refractivity contribution in [3.63, 3.8) is 0 Å². The first-order chi connectivity index (χ1) is 18.2. The lowest BCUT2D eigenvalue weighted by Gasteiger charge is -2.42. The van der Waals surface area contributed by atoms with Crippen LogP contribution in [0.1, 0.15) is 163 Å². The minimum atomic E-state index is 0.185. The minimum absolute atomic E-state index is 0.185. The lowest BCUT2D eigenvalue weighted by molar-refractivity contribution is -0.0373. The molecule has 2 heteroatoms. The van der Waals surface area contributed by atoms with E-state index in [1.165, 1.54) is 86.5 Å². The molecule has 1 atom stereocenters. The maximum Gasteiger partial charge on any atom is 0.110 e. The third-order valence-electron chi connectivity index (χ3n) is 8.19. The largest absolute Gasteiger partial charge is 0.366 e. The van der Waals surface area contributed by atoms with Crippen LogP contribution >= 0.6 is 0 Å². The van der Waals surface area contributed by atoms with Gasteiger partial charge in [-0.05, 0) is 71.6 Å². The van der Waals surface area contributed by atoms with Crippen molar-refractivity contribution >= 4 is 5.57 Å². The molecule has 2 rings (SSSR count). The third kappa shape index (κ3) is 12.0. The van der Waals surface area contributed by atoms with E-state index in [1.807, 2.05) is 34.8 Å². The van der Waals surface area contributed by atoms with E-state index in [4.69, 9.17) is 4.74 Å². The number of methoxy groups -OCH3 is 1. The normalized spacial score (nSPS) is 16.0. The first kappa shape index (κ1) is 36.9. The van der Waals surface area contributed by atoms with Gasteiger partial charge in [0.05, 0.1) is 0 Å². The summed E-state index contributed by atoms with van der Waals surface area (Å²) in [5.41, 5.74) is 6.12. The molecule has 1 aromatic rings. The van der Waals surface area contributed by atoms with Crippen molar-refractivity contribution < 1.29 is 4.74 Å². The molecule has 1 aliphatic rings. The van der Waals surface area contributed by atoms with Crippen molar-refractivity contribution in [2.75, 3.05) is 20.2 Å². The van der Waals surface area contributed by atoms with Crippen molar-refractivity contribution in [1.29, 1.82) is 0 Å². The van der Waals surface area contributed by atoms with Crippen LogP contribution in [-0.4, -0.2) is 31.3 Å². The van der Waals surface area contributed by atoms with Crippen LogP contribution in [0, 0.1) is 0 Å². The minimum Gasteiger partial charge on any atom is -0.366 e. The molecule has 0 spiro atoms. The smallest absolute Gasteiger partial charge is 0.110 e. The zero-order chi connectivity index (χ0) is 29.2. The third-order valence-corrected chi connectivity index (χ3v) is 8.19. The molecule has 0 radical (unpaired) electrons. The Morgan fingerprint density at radius 1 is 0.816 bits per heavy atom. The summed E-state index contributed by atoms with van der Waals surface area (Å²) in [6.07, 6.45) is 15.4. The average molecular weight is 530 g/mol. The van der Waals surface area contributed by atoms with Crippen LogP contribution < -0.4 is 0 Å². The molecule has 0 aliphatic heterocycles. The predicted octanol–water partition coefficient (Wildman–Crippen LogP) is 11.3. The van der Waals surface area contributed by atoms with Crippen LogP contribution in [0.5, 0.6) is 0 Å². The Kier molecular flexibility index (Phi) is 19.3. The molecule has 2 nitrogen and oxygen atoms in total. The van der Waals surface area contributed by atoms with E-state index in [0.717, 1.165) is 25.9 Å². The topological polar surface area (TPSA) is 12.5 Å². The van der Waals surface area contributed by atoms with Crippen LogP contribution in [0.25, 0.3) is 5.57 Å². The summed E-state index contributed by atoms with van der Waals surface area (Å²) in [5, 5.41) is 0. The lowest BCUT2D eigenvalue weighted by Crippen LogP contribution is -2.38. The maximum atomic E-state index is 6.00. The highest BCUT2D eigenvalue weighted by Gasteiger charge is 2.37. The summed E-state index contributed by atoms with van der Waals surface area (Å²) in [6, 6.07) is 7.14. The number of nitrogens with zero attached hydrogens (tertiary/aromatic N) is 1. The van der Waals surface area contributed by atoms with Crippen molar-refractivity contribution in [1.82, 2.24) is 4.90 Å². The van der Waals surface area contributed by atoms with Crippen molar-refractivity contribution in [3.05, 3.63) is 41.5 Å². The fourth-order valence-corrected chi connectivity index (χ4v) is 5.66. The Labute approximate surface area is 240 Å². The Balaban J connectivity index is 0.00000326. The Bertz CT molecular complexity index is 748. The molecule has 1 unspecified atom stereocenters. The van der Waals surface area contributed by atoms with E-state index in [9.17, 15) is 0 Å². The summed E-state index contributed by atoms with van der Waals surface area (Å²) in [6.45, 7) is 28.9. The molecule has 0 N–H and O–H groups in total. The van der Waals surface area contributed by atoms with Crippen LogP contribution in [0.2, 0.25) is 0 Å². The summed E-state index contributed by atoms with van der Waals surface area (Å²) in [7, 11) is 1.88. The predicted molar refractivity (Wildman–Crippen MR) is 173 cm³/mol. The molecular formula is C36H67NO. The number of hydrogen-bond donors (Lipinski definition) is 0. The number of hydrogen-bond acceptors (Lipinski definition) is 2. The number of allylic oxidation sites excluding steroid dienone is 1. The van der Waals surface area contributed by atoms with Gasteiger partial charge in [0.1, 0.15) is 6.23 Å². The molecule has 0 aromatic heterocycles. The molecule has 0 bridgehead atoms. The first-order valence-corrected chi connectivity index (χ1v) is 16.3. The van der Waals surface area contributed by atoms with Crippen molar-refractivity contribution in [3.8, 4) is 0 Å². The Hall–Kier alpha value is -1.12. The van der Waals surface area contributed by atoms with Gasteiger partial charge in [0.25, 0.3) is 0 Å². The maximum absolute atomic E-state index is 6.00. The summed E-state index contributed by atoms with van der Waals surface area (Å²) in [4.78, 5) is 2.57. The summed E-state index contributed by atoms with van der Waals surface area (Å²) >= 11 is 0. The molecular weight excluding hydrogens is 462 g/mol. The number of fused-ring (bicyclic) bond motifs is 1. The molecule has 0 amide bonds. The van der Waals surface area contributed by atoms with Gasteiger partial charge in [-0.1, -0.05) is 133 Å². The van der Waals surface area contributed by atoms with E-state index in [-0.39, 0.29) is 17.1 Å². The van der Waals surface area contributed by atoms with Gasteiger partial charge in [0, 0.05) is 20.2 Å². The fraction of sp³-hybridized carbons (Fsp3) is 0.778. The standard InChI is InChI=1S/C32H55NO.2C2H6/c1-9-11-12-13-14-15-16-24-33(23-10-2)30(34-8)20-17-26(3)27-18-19-28-29(25-27)32(6,7)22-21-31(28,4)5;2*1-2/h18-19,25,30H,3,9-17,20-24H2,1-2,4-8H3;2*1-2H3. The molecule has 0 saturated carbocycles. The monoisotopic (exact) mass is 530 g/mol. The van der Waals surface area contributed by atoms with E-state index in [0.29, 0.717) is 0 Å². The van der Waals surface area contributed by atoms with E-state index in [2.05, 4.69) is 71.2 Å². The van der Waals surface area contributed by atoms with Crippen molar-refractivity contribution in [2.24, 2.45) is 0 Å². The van der Waals surface area contributed by atoms with Gasteiger partial charge >= 0.3 is 0 Å². The zero-order valence-corrected chi connectivity index (χ0v) is 27.8. The molecule has 0 saturated heterocycles. The highest BCUT2D eigenvalue weighted by molar-refractivity contribution is 5.65. The quantitative estimate of drug-likeness (QED) is 0.156. The molecule has 222 valence electrons. The van der Waals surface area contributed by atoms with Gasteiger partial charge in [-0.15, -0.1) is 0 Å². The van der Waals surface area contributed by atoms with E-state index >= 15 is 0 Å². The van der Waals surface area contributed by atoms with E-state index in [1.54, 1.807) is 0 Å². The van der Waals surface area contributed by atoms with Crippen LogP contribution in [0.15, 0.2) is 24.8 Å². The van der Waals surface area contributed by atoms with E-state index < -0.39 is 0 Å². The first-order valence-electron chi connectivity index (χ1n) is 16.3. The highest BCUT2D eigenvalue weighted by Crippen LogP contribution is 2.46. The van der Waals surface area contributed by atoms with Gasteiger partial charge in [-0.2, -0.15) is 0 Å². The fourth-order valence-electron chi connectivity index (χ4n) is 5.66. The van der Waals surface area contributed by atoms with Gasteiger partial charge in [-0.25, -0.2) is 0 Å². The van der Waals surface area contributed by atoms with Crippen molar-refractivity contribution in [2.45, 2.75) is 163 Å². The number of ether oxygens (including phenoxy) is 1. The number of unbranched alkanes of at least 4 members (excludes halogenated alkanes) is 6. The molecule has 1 aromatic carbocycles. The van der Waals surface area contributed by atoms with Gasteiger partial charge in [0.2, 0.25) is 0 Å². The molecule has 1 aliphatic carbocycles. The lowest BCUT2D eigenvalue weighted by atomic mass is 9.63. The summed E-state index contributed by atoms with van der Waals surface area (Å²) in [5.74, 6) is 0. The second-order valence-corrected chi connectivity index (χ2v) is 12.0. The highest BCUT2D eigenvalue weighted by atomic mass is 16.5. The van der Waals surface area contributed by atoms with Crippen LogP contribution in [-0.2, 0) is 15.6 Å². The Morgan fingerprint density at radius 3 is 1.92 bits per heavy atom. The molecule has 0 heterocycles. The summed E-state index contributed by atoms with van der Waals surface area (Å²) < 4.78 is 6.00. The molecule has 0 fully saturated rings. The second-order valence-electron chi connectivity index (χ2n) is 12.0. The van der Waals surface area contributed by atoms with Crippen LogP contribution in [0.3, 0.4) is 0 Å². The Morgan fingerprint density at radius 2 is 1.37 bits per heavy atom. The van der Waals surface area contributed by atoms with Crippen LogP contribution in [0.4, 0.5) is 0 Å². The SMILES string of the molecule is C=C(CCC(OC)N(CCC)CCCCCCCCC)c1ccc2c(c1)C(C)(C)CCC2(C)C.CC.CC. The molecule has 38 heavy (non-hydrogen) atoms. The second kappa shape index (κ2) is 19.9. The number of benzene rings is 1. The zero-order valence-electron chi connectivity index (χ0n) is 27.8. The average Bonchev–Trinajstić information content (AvgIpc) is 2.93. The van der Waals surface area contributed by atoms with Gasteiger partial charge in [-0.3, -0.25) is 4.90 Å². The number of rotatable bonds is 16. The van der Waals surface area contributed by atoms with Gasteiger partial charge in [0.15, 0.2) is 0 Å².